The van der Waals surface area contributed by atoms with Gasteiger partial charge in [-0.1, -0.05) is 36.4 Å². The van der Waals surface area contributed by atoms with Gasteiger partial charge in [0.25, 0.3) is 0 Å². The number of para-hydroxylation sites is 2. The molecule has 26 heavy (non-hydrogen) atoms. The maximum absolute atomic E-state index is 12.2. The fourth-order valence-corrected chi connectivity index (χ4v) is 2.74. The summed E-state index contributed by atoms with van der Waals surface area (Å²) in [6.45, 7) is 0.898. The predicted molar refractivity (Wildman–Crippen MR) is 98.2 cm³/mol. The summed E-state index contributed by atoms with van der Waals surface area (Å²) in [5.41, 5.74) is 1.26. The summed E-state index contributed by atoms with van der Waals surface area (Å²) in [5, 5.41) is 3.58. The first kappa shape index (κ1) is 17.5. The van der Waals surface area contributed by atoms with Crippen LogP contribution in [0.3, 0.4) is 0 Å². The van der Waals surface area contributed by atoms with Crippen molar-refractivity contribution in [1.82, 2.24) is 9.88 Å². The van der Waals surface area contributed by atoms with Crippen molar-refractivity contribution in [3.05, 3.63) is 66.4 Å². The van der Waals surface area contributed by atoms with Gasteiger partial charge in [-0.15, -0.1) is 0 Å². The van der Waals surface area contributed by atoms with Gasteiger partial charge in [0.1, 0.15) is 18.9 Å². The molecule has 0 saturated heterocycles. The van der Waals surface area contributed by atoms with E-state index in [4.69, 9.17) is 9.47 Å². The lowest BCUT2D eigenvalue weighted by Crippen LogP contribution is -2.31. The van der Waals surface area contributed by atoms with Gasteiger partial charge in [0.15, 0.2) is 0 Å². The zero-order valence-corrected chi connectivity index (χ0v) is 14.5. The number of amides is 1. The molecule has 134 valence electrons. The van der Waals surface area contributed by atoms with E-state index in [2.05, 4.69) is 5.32 Å². The first-order valence-corrected chi connectivity index (χ1v) is 8.30. The van der Waals surface area contributed by atoms with Crippen LogP contribution in [0.25, 0.3) is 10.9 Å². The minimum atomic E-state index is -0.420. The first-order valence-electron chi connectivity index (χ1n) is 8.30. The summed E-state index contributed by atoms with van der Waals surface area (Å²) in [6, 6.07) is 16.8. The van der Waals surface area contributed by atoms with Gasteiger partial charge in [-0.2, -0.15) is 0 Å². The fourth-order valence-electron chi connectivity index (χ4n) is 2.74. The summed E-state index contributed by atoms with van der Waals surface area (Å²) in [7, 11) is 1.34. The second kappa shape index (κ2) is 8.20. The van der Waals surface area contributed by atoms with Crippen LogP contribution in [0, 0.1) is 0 Å². The van der Waals surface area contributed by atoms with Crippen LogP contribution in [0.5, 0.6) is 5.75 Å². The van der Waals surface area contributed by atoms with Crippen molar-refractivity contribution in [2.24, 2.45) is 0 Å². The van der Waals surface area contributed by atoms with E-state index < -0.39 is 5.97 Å². The molecule has 0 unspecified atom stereocenters. The highest BCUT2D eigenvalue weighted by Gasteiger charge is 2.16. The molecule has 2 aromatic carbocycles. The maximum atomic E-state index is 12.2. The molecule has 1 amide bonds. The SMILES string of the molecule is COC(=O)c1cn(CC(=O)NCCOc2ccccc2)c2ccccc12. The highest BCUT2D eigenvalue weighted by molar-refractivity contribution is 6.04. The normalized spacial score (nSPS) is 10.5. The molecule has 0 fully saturated rings. The van der Waals surface area contributed by atoms with Gasteiger partial charge in [0.2, 0.25) is 5.91 Å². The van der Waals surface area contributed by atoms with Gasteiger partial charge >= 0.3 is 5.97 Å². The lowest BCUT2D eigenvalue weighted by Gasteiger charge is -2.09. The monoisotopic (exact) mass is 352 g/mol. The van der Waals surface area contributed by atoms with E-state index in [1.54, 1.807) is 10.8 Å². The second-order valence-electron chi connectivity index (χ2n) is 5.69. The third-order valence-electron chi connectivity index (χ3n) is 3.94. The molecular formula is C20H20N2O4. The molecule has 0 aliphatic heterocycles. The number of hydrogen-bond donors (Lipinski definition) is 1. The average molecular weight is 352 g/mol. The fraction of sp³-hybridized carbons (Fsp3) is 0.200. The molecule has 1 aromatic heterocycles. The van der Waals surface area contributed by atoms with E-state index in [1.807, 2.05) is 54.6 Å². The van der Waals surface area contributed by atoms with E-state index in [1.165, 1.54) is 7.11 Å². The number of ether oxygens (including phenoxy) is 2. The van der Waals surface area contributed by atoms with Crippen LogP contribution in [-0.2, 0) is 16.1 Å². The van der Waals surface area contributed by atoms with E-state index in [0.717, 1.165) is 16.7 Å². The van der Waals surface area contributed by atoms with Crippen molar-refractivity contribution in [2.45, 2.75) is 6.54 Å². The maximum Gasteiger partial charge on any atom is 0.340 e. The number of carbonyl (C=O) groups excluding carboxylic acids is 2. The smallest absolute Gasteiger partial charge is 0.340 e. The third kappa shape index (κ3) is 4.03. The molecular weight excluding hydrogens is 332 g/mol. The number of hydrogen-bond acceptors (Lipinski definition) is 4. The van der Waals surface area contributed by atoms with Crippen molar-refractivity contribution in [3.63, 3.8) is 0 Å². The molecule has 3 rings (SSSR count). The highest BCUT2D eigenvalue weighted by atomic mass is 16.5. The first-order chi connectivity index (χ1) is 12.7. The number of benzene rings is 2. The Morgan fingerprint density at radius 2 is 1.77 bits per heavy atom. The molecule has 3 aromatic rings. The van der Waals surface area contributed by atoms with Crippen LogP contribution < -0.4 is 10.1 Å². The van der Waals surface area contributed by atoms with Crippen molar-refractivity contribution in [2.75, 3.05) is 20.3 Å². The molecule has 0 aliphatic carbocycles. The van der Waals surface area contributed by atoms with Gasteiger partial charge < -0.3 is 19.4 Å². The van der Waals surface area contributed by atoms with E-state index in [0.29, 0.717) is 18.7 Å². The van der Waals surface area contributed by atoms with Crippen LogP contribution in [0.15, 0.2) is 60.8 Å². The van der Waals surface area contributed by atoms with E-state index in [-0.39, 0.29) is 12.5 Å². The zero-order valence-electron chi connectivity index (χ0n) is 14.5. The Balaban J connectivity index is 1.60. The van der Waals surface area contributed by atoms with E-state index in [9.17, 15) is 9.59 Å². The minimum Gasteiger partial charge on any atom is -0.492 e. The summed E-state index contributed by atoms with van der Waals surface area (Å²) in [4.78, 5) is 24.1. The number of rotatable bonds is 7. The van der Waals surface area contributed by atoms with Crippen molar-refractivity contribution in [1.29, 1.82) is 0 Å². The molecule has 1 N–H and O–H groups in total. The van der Waals surface area contributed by atoms with Crippen molar-refractivity contribution >= 4 is 22.8 Å². The van der Waals surface area contributed by atoms with Crippen LogP contribution in [-0.4, -0.2) is 36.7 Å². The van der Waals surface area contributed by atoms with Crippen LogP contribution in [0.4, 0.5) is 0 Å². The Morgan fingerprint density at radius 1 is 1.04 bits per heavy atom. The molecule has 1 heterocycles. The number of methoxy groups -OCH3 is 1. The Labute approximate surface area is 151 Å². The Bertz CT molecular complexity index is 903. The minimum absolute atomic E-state index is 0.114. The van der Waals surface area contributed by atoms with Crippen LogP contribution in [0.2, 0.25) is 0 Å². The zero-order chi connectivity index (χ0) is 18.4. The number of fused-ring (bicyclic) bond motifs is 1. The topological polar surface area (TPSA) is 69.6 Å². The lowest BCUT2D eigenvalue weighted by molar-refractivity contribution is -0.121. The summed E-state index contributed by atoms with van der Waals surface area (Å²) < 4.78 is 12.1. The number of nitrogens with zero attached hydrogens (tertiary/aromatic N) is 1. The Hall–Kier alpha value is -3.28. The lowest BCUT2D eigenvalue weighted by atomic mass is 10.2. The molecule has 0 spiro atoms. The van der Waals surface area contributed by atoms with Crippen LogP contribution >= 0.6 is 0 Å². The van der Waals surface area contributed by atoms with Gasteiger partial charge in [-0.05, 0) is 18.2 Å². The number of carbonyl (C=O) groups is 2. The molecule has 0 atom stereocenters. The third-order valence-corrected chi connectivity index (χ3v) is 3.94. The summed E-state index contributed by atoms with van der Waals surface area (Å²) in [6.07, 6.45) is 1.65. The van der Waals surface area contributed by atoms with Gasteiger partial charge in [0.05, 0.1) is 19.2 Å². The average Bonchev–Trinajstić information content (AvgIpc) is 3.04. The molecule has 6 nitrogen and oxygen atoms in total. The Morgan fingerprint density at radius 3 is 2.54 bits per heavy atom. The molecule has 0 radical (unpaired) electrons. The number of nitrogens with one attached hydrogen (secondary N) is 1. The van der Waals surface area contributed by atoms with Crippen LogP contribution in [0.1, 0.15) is 10.4 Å². The Kier molecular flexibility index (Phi) is 5.53. The largest absolute Gasteiger partial charge is 0.492 e. The van der Waals surface area contributed by atoms with Crippen molar-refractivity contribution in [3.8, 4) is 5.75 Å². The summed E-state index contributed by atoms with van der Waals surface area (Å²) >= 11 is 0. The summed E-state index contributed by atoms with van der Waals surface area (Å²) in [5.74, 6) is 0.191. The highest BCUT2D eigenvalue weighted by Crippen LogP contribution is 2.21. The number of esters is 1. The van der Waals surface area contributed by atoms with Gasteiger partial charge in [-0.3, -0.25) is 4.79 Å². The quantitative estimate of drug-likeness (QED) is 0.524. The second-order valence-corrected chi connectivity index (χ2v) is 5.69. The predicted octanol–water partition coefficient (Wildman–Crippen LogP) is 2.62. The molecule has 0 aliphatic rings. The van der Waals surface area contributed by atoms with Gasteiger partial charge in [-0.25, -0.2) is 4.79 Å². The standard InChI is InChI=1S/C20H20N2O4/c1-25-20(24)17-13-22(18-10-6-5-9-16(17)18)14-19(23)21-11-12-26-15-7-3-2-4-8-15/h2-10,13H,11-12,14H2,1H3,(H,21,23). The van der Waals surface area contributed by atoms with E-state index >= 15 is 0 Å². The number of aromatic nitrogens is 1. The molecule has 6 heteroatoms. The molecule has 0 saturated carbocycles. The van der Waals surface area contributed by atoms with Crippen molar-refractivity contribution < 1.29 is 19.1 Å². The van der Waals surface area contributed by atoms with Gasteiger partial charge in [0, 0.05) is 17.1 Å². The molecule has 0 bridgehead atoms.